The lowest BCUT2D eigenvalue weighted by atomic mass is 10.1. The minimum absolute atomic E-state index is 0.204. The second-order valence-electron chi connectivity index (χ2n) is 4.70. The minimum Gasteiger partial charge on any atom is -0.288 e. The number of ketones is 2. The molecule has 0 radical (unpaired) electrons. The van der Waals surface area contributed by atoms with Crippen molar-refractivity contribution in [1.29, 1.82) is 0 Å². The fourth-order valence-electron chi connectivity index (χ4n) is 2.29. The molecule has 102 valence electrons. The normalized spacial score (nSPS) is 14.3. The lowest BCUT2D eigenvalue weighted by molar-refractivity contribution is 0.0989. The number of benzene rings is 2. The molecule has 2 aromatic rings. The van der Waals surface area contributed by atoms with E-state index in [4.69, 9.17) is 0 Å². The molecule has 2 aromatic carbocycles. The third kappa shape index (κ3) is 2.65. The highest BCUT2D eigenvalue weighted by Crippen LogP contribution is 2.28. The van der Waals surface area contributed by atoms with Gasteiger partial charge in [-0.3, -0.25) is 9.59 Å². The first-order valence-electron chi connectivity index (χ1n) is 6.49. The molecular weight excluding hydrogens is 328 g/mol. The van der Waals surface area contributed by atoms with Crippen molar-refractivity contribution in [3.05, 3.63) is 87.4 Å². The van der Waals surface area contributed by atoms with Crippen LogP contribution in [0.3, 0.4) is 0 Å². The molecule has 3 heteroatoms. The smallest absolute Gasteiger partial charge is 0.197 e. The lowest BCUT2D eigenvalue weighted by Crippen LogP contribution is -2.00. The summed E-state index contributed by atoms with van der Waals surface area (Å²) in [5, 5.41) is 0. The van der Waals surface area contributed by atoms with Gasteiger partial charge in [0.15, 0.2) is 11.6 Å². The van der Waals surface area contributed by atoms with E-state index < -0.39 is 0 Å². The van der Waals surface area contributed by atoms with E-state index in [1.165, 1.54) is 0 Å². The summed E-state index contributed by atoms with van der Waals surface area (Å²) in [6, 6.07) is 16.6. The van der Waals surface area contributed by atoms with Crippen LogP contribution in [0.2, 0.25) is 0 Å². The van der Waals surface area contributed by atoms with Crippen molar-refractivity contribution in [2.75, 3.05) is 0 Å². The number of carbonyl (C=O) groups is 2. The van der Waals surface area contributed by atoms with Gasteiger partial charge in [-0.15, -0.1) is 0 Å². The van der Waals surface area contributed by atoms with E-state index in [0.717, 1.165) is 5.56 Å². The first-order valence-corrected chi connectivity index (χ1v) is 7.28. The summed E-state index contributed by atoms with van der Waals surface area (Å²) >= 11 is 3.40. The summed E-state index contributed by atoms with van der Waals surface area (Å²) in [4.78, 5) is 24.5. The van der Waals surface area contributed by atoms with E-state index in [9.17, 15) is 9.59 Å². The molecule has 0 heterocycles. The Morgan fingerprint density at radius 3 is 1.90 bits per heavy atom. The second-order valence-corrected chi connectivity index (χ2v) is 5.62. The van der Waals surface area contributed by atoms with Crippen LogP contribution in [0, 0.1) is 0 Å². The summed E-state index contributed by atoms with van der Waals surface area (Å²) in [6.07, 6.45) is 3.47. The van der Waals surface area contributed by atoms with Gasteiger partial charge in [0.2, 0.25) is 0 Å². The van der Waals surface area contributed by atoms with Crippen molar-refractivity contribution < 1.29 is 9.59 Å². The highest BCUT2D eigenvalue weighted by molar-refractivity contribution is 9.12. The number of hydrogen-bond donors (Lipinski definition) is 0. The number of rotatable bonds is 2. The molecule has 2 nitrogen and oxygen atoms in total. The van der Waals surface area contributed by atoms with Crippen LogP contribution in [0.5, 0.6) is 0 Å². The maximum Gasteiger partial charge on any atom is 0.197 e. The van der Waals surface area contributed by atoms with Gasteiger partial charge in [-0.2, -0.15) is 0 Å². The molecule has 0 saturated heterocycles. The van der Waals surface area contributed by atoms with Crippen molar-refractivity contribution in [1.82, 2.24) is 0 Å². The molecule has 1 aliphatic carbocycles. The van der Waals surface area contributed by atoms with Gasteiger partial charge in [-0.1, -0.05) is 70.5 Å². The fourth-order valence-corrected chi connectivity index (χ4v) is 2.78. The molecule has 0 unspecified atom stereocenters. The molecule has 0 N–H and O–H groups in total. The SMILES string of the molecule is O=C1C(=C/C(Br)=C/c2ccccc2)C(=O)c2ccccc21. The Labute approximate surface area is 130 Å². The quantitative estimate of drug-likeness (QED) is 0.599. The van der Waals surface area contributed by atoms with Gasteiger partial charge in [0.25, 0.3) is 0 Å². The third-order valence-electron chi connectivity index (χ3n) is 3.29. The molecule has 0 bridgehead atoms. The van der Waals surface area contributed by atoms with E-state index >= 15 is 0 Å². The van der Waals surface area contributed by atoms with Crippen LogP contribution >= 0.6 is 15.9 Å². The second kappa shape index (κ2) is 5.62. The van der Waals surface area contributed by atoms with Gasteiger partial charge in [-0.25, -0.2) is 0 Å². The van der Waals surface area contributed by atoms with Crippen LogP contribution in [0.15, 0.2) is 70.7 Å². The van der Waals surface area contributed by atoms with E-state index in [2.05, 4.69) is 15.9 Å². The van der Waals surface area contributed by atoms with Gasteiger partial charge in [-0.05, 0) is 17.7 Å². The maximum absolute atomic E-state index is 12.3. The number of Topliss-reactive ketones (excluding diaryl/α,β-unsaturated/α-hetero) is 2. The molecule has 0 amide bonds. The Morgan fingerprint density at radius 2 is 1.33 bits per heavy atom. The number of hydrogen-bond acceptors (Lipinski definition) is 2. The van der Waals surface area contributed by atoms with Gasteiger partial charge in [0, 0.05) is 15.6 Å². The van der Waals surface area contributed by atoms with Crippen LogP contribution in [0.1, 0.15) is 26.3 Å². The van der Waals surface area contributed by atoms with Crippen molar-refractivity contribution in [2.24, 2.45) is 0 Å². The number of halogens is 1. The third-order valence-corrected chi connectivity index (χ3v) is 3.75. The molecule has 0 aliphatic heterocycles. The first kappa shape index (κ1) is 13.7. The average molecular weight is 339 g/mol. The minimum atomic E-state index is -0.214. The van der Waals surface area contributed by atoms with Crippen molar-refractivity contribution in [3.8, 4) is 0 Å². The monoisotopic (exact) mass is 338 g/mol. The number of fused-ring (bicyclic) bond motifs is 1. The van der Waals surface area contributed by atoms with Crippen molar-refractivity contribution in [3.63, 3.8) is 0 Å². The number of carbonyl (C=O) groups excluding carboxylic acids is 2. The molecule has 0 fully saturated rings. The molecule has 0 atom stereocenters. The molecule has 1 aliphatic rings. The highest BCUT2D eigenvalue weighted by atomic mass is 79.9. The van der Waals surface area contributed by atoms with Crippen LogP contribution in [-0.2, 0) is 0 Å². The largest absolute Gasteiger partial charge is 0.288 e. The summed E-state index contributed by atoms with van der Waals surface area (Å²) in [5.74, 6) is -0.428. The van der Waals surface area contributed by atoms with Gasteiger partial charge in [0.1, 0.15) is 0 Å². The highest BCUT2D eigenvalue weighted by Gasteiger charge is 2.32. The van der Waals surface area contributed by atoms with Crippen molar-refractivity contribution >= 4 is 33.6 Å². The molecule has 0 aromatic heterocycles. The van der Waals surface area contributed by atoms with Crippen LogP contribution in [0.4, 0.5) is 0 Å². The van der Waals surface area contributed by atoms with E-state index in [-0.39, 0.29) is 17.1 Å². The molecule has 21 heavy (non-hydrogen) atoms. The van der Waals surface area contributed by atoms with Gasteiger partial charge >= 0.3 is 0 Å². The lowest BCUT2D eigenvalue weighted by Gasteiger charge is -1.96. The van der Waals surface area contributed by atoms with E-state index in [0.29, 0.717) is 15.6 Å². The topological polar surface area (TPSA) is 34.1 Å². The Kier molecular flexibility index (Phi) is 3.67. The Balaban J connectivity index is 1.97. The Hall–Kier alpha value is -2.26. The summed E-state index contributed by atoms with van der Waals surface area (Å²) in [5.41, 5.74) is 2.16. The average Bonchev–Trinajstić information content (AvgIpc) is 2.74. The summed E-state index contributed by atoms with van der Waals surface area (Å²) < 4.78 is 0.693. The zero-order chi connectivity index (χ0) is 14.8. The first-order chi connectivity index (χ1) is 10.2. The molecule has 0 spiro atoms. The number of allylic oxidation sites excluding steroid dienone is 3. The van der Waals surface area contributed by atoms with Gasteiger partial charge < -0.3 is 0 Å². The van der Waals surface area contributed by atoms with E-state index in [1.807, 2.05) is 36.4 Å². The fraction of sp³-hybridized carbons (Fsp3) is 0. The van der Waals surface area contributed by atoms with Gasteiger partial charge in [0.05, 0.1) is 5.57 Å². The van der Waals surface area contributed by atoms with Crippen LogP contribution in [-0.4, -0.2) is 11.6 Å². The molecule has 3 rings (SSSR count). The zero-order valence-corrected chi connectivity index (χ0v) is 12.6. The predicted molar refractivity (Wildman–Crippen MR) is 86.5 cm³/mol. The van der Waals surface area contributed by atoms with Crippen LogP contribution in [0.25, 0.3) is 6.08 Å². The maximum atomic E-state index is 12.3. The van der Waals surface area contributed by atoms with Crippen LogP contribution < -0.4 is 0 Å². The summed E-state index contributed by atoms with van der Waals surface area (Å²) in [7, 11) is 0. The standard InChI is InChI=1S/C18H11BrO2/c19-13(10-12-6-2-1-3-7-12)11-16-17(20)14-8-4-5-9-15(14)18(16)21/h1-11H/b13-10-. The zero-order valence-electron chi connectivity index (χ0n) is 11.0. The Bertz CT molecular complexity index is 749. The predicted octanol–water partition coefficient (Wildman–Crippen LogP) is 4.43. The Morgan fingerprint density at radius 1 is 0.810 bits per heavy atom. The molecule has 0 saturated carbocycles. The van der Waals surface area contributed by atoms with E-state index in [1.54, 1.807) is 30.3 Å². The molecular formula is C18H11BrO2. The summed E-state index contributed by atoms with van der Waals surface area (Å²) in [6.45, 7) is 0. The van der Waals surface area contributed by atoms with Crippen molar-refractivity contribution in [2.45, 2.75) is 0 Å².